The largest absolute Gasteiger partial charge is 0.389 e. The van der Waals surface area contributed by atoms with Crippen molar-refractivity contribution in [3.63, 3.8) is 0 Å². The second-order valence-corrected chi connectivity index (χ2v) is 5.68. The number of nitrogens with one attached hydrogen (secondary N) is 1. The standard InChI is InChI=1S/C12H19N3O3S/c1-3-10-8(2)19-11(13-10)14-12(17)15-4-5-18-7-9(16)6-15/h9,16H,3-7H2,1-2H3,(H,13,14,17). The van der Waals surface area contributed by atoms with Gasteiger partial charge in [-0.3, -0.25) is 5.32 Å². The molecule has 0 radical (unpaired) electrons. The van der Waals surface area contributed by atoms with Gasteiger partial charge in [-0.15, -0.1) is 11.3 Å². The second-order valence-electron chi connectivity index (χ2n) is 4.48. The van der Waals surface area contributed by atoms with E-state index in [-0.39, 0.29) is 19.2 Å². The number of aliphatic hydroxyl groups is 1. The molecule has 1 saturated heterocycles. The second kappa shape index (κ2) is 6.31. The number of aliphatic hydroxyl groups excluding tert-OH is 1. The van der Waals surface area contributed by atoms with Gasteiger partial charge in [-0.1, -0.05) is 6.92 Å². The number of aromatic nitrogens is 1. The highest BCUT2D eigenvalue weighted by Gasteiger charge is 2.21. The minimum absolute atomic E-state index is 0.235. The predicted octanol–water partition coefficient (Wildman–Crippen LogP) is 1.24. The third-order valence-electron chi connectivity index (χ3n) is 2.98. The van der Waals surface area contributed by atoms with E-state index in [0.29, 0.717) is 18.3 Å². The van der Waals surface area contributed by atoms with Crippen molar-refractivity contribution in [3.05, 3.63) is 10.6 Å². The molecule has 2 heterocycles. The van der Waals surface area contributed by atoms with Gasteiger partial charge in [0.25, 0.3) is 0 Å². The van der Waals surface area contributed by atoms with Gasteiger partial charge < -0.3 is 14.7 Å². The summed E-state index contributed by atoms with van der Waals surface area (Å²) in [6, 6.07) is -0.235. The van der Waals surface area contributed by atoms with Gasteiger partial charge in [-0.05, 0) is 13.3 Å². The van der Waals surface area contributed by atoms with Crippen molar-refractivity contribution in [3.8, 4) is 0 Å². The maximum absolute atomic E-state index is 12.1. The summed E-state index contributed by atoms with van der Waals surface area (Å²) in [7, 11) is 0. The molecule has 1 aromatic rings. The number of rotatable bonds is 2. The van der Waals surface area contributed by atoms with E-state index in [9.17, 15) is 9.90 Å². The number of hydrogen-bond donors (Lipinski definition) is 2. The number of ether oxygens (including phenoxy) is 1. The summed E-state index contributed by atoms with van der Waals surface area (Å²) in [5, 5.41) is 13.0. The average molecular weight is 285 g/mol. The number of carbonyl (C=O) groups is 1. The Morgan fingerprint density at radius 1 is 1.68 bits per heavy atom. The molecule has 0 aliphatic carbocycles. The first kappa shape index (κ1) is 14.2. The van der Waals surface area contributed by atoms with Crippen LogP contribution in [0.25, 0.3) is 0 Å². The Morgan fingerprint density at radius 3 is 3.16 bits per heavy atom. The van der Waals surface area contributed by atoms with Crippen molar-refractivity contribution in [2.24, 2.45) is 0 Å². The molecule has 1 aromatic heterocycles. The van der Waals surface area contributed by atoms with Crippen molar-refractivity contribution in [1.82, 2.24) is 9.88 Å². The molecule has 2 rings (SSSR count). The van der Waals surface area contributed by atoms with Crippen LogP contribution in [0.1, 0.15) is 17.5 Å². The maximum atomic E-state index is 12.1. The van der Waals surface area contributed by atoms with Crippen LogP contribution < -0.4 is 5.32 Å². The SMILES string of the molecule is CCc1nc(NC(=O)N2CCOCC(O)C2)sc1C. The minimum atomic E-state index is -0.627. The normalized spacial score (nSPS) is 20.2. The highest BCUT2D eigenvalue weighted by molar-refractivity contribution is 7.15. The Kier molecular flexibility index (Phi) is 4.73. The van der Waals surface area contributed by atoms with Crippen LogP contribution in [-0.2, 0) is 11.2 Å². The third kappa shape index (κ3) is 3.65. The fourth-order valence-corrected chi connectivity index (χ4v) is 2.85. The molecule has 6 nitrogen and oxygen atoms in total. The minimum Gasteiger partial charge on any atom is -0.389 e. The zero-order chi connectivity index (χ0) is 13.8. The number of thiazole rings is 1. The zero-order valence-corrected chi connectivity index (χ0v) is 12.0. The summed E-state index contributed by atoms with van der Waals surface area (Å²) in [5.41, 5.74) is 1.01. The topological polar surface area (TPSA) is 74.7 Å². The zero-order valence-electron chi connectivity index (χ0n) is 11.2. The molecular formula is C12H19N3O3S. The molecule has 1 atom stereocenters. The van der Waals surface area contributed by atoms with Crippen LogP contribution in [0.2, 0.25) is 0 Å². The summed E-state index contributed by atoms with van der Waals surface area (Å²) in [6.07, 6.45) is 0.228. The van der Waals surface area contributed by atoms with Gasteiger partial charge in [0, 0.05) is 11.4 Å². The van der Waals surface area contributed by atoms with Gasteiger partial charge >= 0.3 is 6.03 Å². The summed E-state index contributed by atoms with van der Waals surface area (Å²) >= 11 is 1.47. The van der Waals surface area contributed by atoms with E-state index in [1.807, 2.05) is 13.8 Å². The summed E-state index contributed by atoms with van der Waals surface area (Å²) in [5.74, 6) is 0. The van der Waals surface area contributed by atoms with Crippen LogP contribution in [0.4, 0.5) is 9.93 Å². The van der Waals surface area contributed by atoms with E-state index < -0.39 is 6.10 Å². The van der Waals surface area contributed by atoms with Crippen LogP contribution in [0, 0.1) is 6.92 Å². The molecule has 1 fully saturated rings. The number of amides is 2. The number of aryl methyl sites for hydroxylation is 2. The third-order valence-corrected chi connectivity index (χ3v) is 3.90. The van der Waals surface area contributed by atoms with Crippen LogP contribution in [0.15, 0.2) is 0 Å². The smallest absolute Gasteiger partial charge is 0.323 e. The van der Waals surface area contributed by atoms with Crippen molar-refractivity contribution < 1.29 is 14.6 Å². The summed E-state index contributed by atoms with van der Waals surface area (Å²) < 4.78 is 5.19. The van der Waals surface area contributed by atoms with E-state index in [2.05, 4.69) is 10.3 Å². The first-order valence-electron chi connectivity index (χ1n) is 6.38. The van der Waals surface area contributed by atoms with E-state index in [4.69, 9.17) is 4.74 Å². The molecule has 2 N–H and O–H groups in total. The molecule has 7 heteroatoms. The quantitative estimate of drug-likeness (QED) is 0.857. The lowest BCUT2D eigenvalue weighted by molar-refractivity contribution is 0.0575. The first-order valence-corrected chi connectivity index (χ1v) is 7.19. The van der Waals surface area contributed by atoms with Crippen LogP contribution >= 0.6 is 11.3 Å². The van der Waals surface area contributed by atoms with E-state index >= 15 is 0 Å². The lowest BCUT2D eigenvalue weighted by Gasteiger charge is -2.20. The van der Waals surface area contributed by atoms with Gasteiger partial charge in [0.15, 0.2) is 5.13 Å². The highest BCUT2D eigenvalue weighted by Crippen LogP contribution is 2.22. The Labute approximate surface area is 116 Å². The number of β-amino-alcohol motifs (C(OH)–C–C–N with tert-alkyl or cyclic N) is 1. The van der Waals surface area contributed by atoms with Crippen molar-refractivity contribution in [2.75, 3.05) is 31.6 Å². The van der Waals surface area contributed by atoms with Crippen LogP contribution in [0.5, 0.6) is 0 Å². The van der Waals surface area contributed by atoms with Gasteiger partial charge in [0.1, 0.15) is 0 Å². The van der Waals surface area contributed by atoms with Gasteiger partial charge in [-0.2, -0.15) is 0 Å². The Balaban J connectivity index is 1.99. The number of urea groups is 1. The van der Waals surface area contributed by atoms with E-state index in [0.717, 1.165) is 17.0 Å². The van der Waals surface area contributed by atoms with Crippen LogP contribution in [-0.4, -0.2) is 53.4 Å². The highest BCUT2D eigenvalue weighted by atomic mass is 32.1. The van der Waals surface area contributed by atoms with Crippen molar-refractivity contribution >= 4 is 22.5 Å². The number of nitrogens with zero attached hydrogens (tertiary/aromatic N) is 2. The molecule has 106 valence electrons. The molecule has 0 saturated carbocycles. The number of anilines is 1. The van der Waals surface area contributed by atoms with Crippen LogP contribution in [0.3, 0.4) is 0 Å². The predicted molar refractivity (Wildman–Crippen MR) is 73.6 cm³/mol. The molecule has 1 aliphatic rings. The fraction of sp³-hybridized carbons (Fsp3) is 0.667. The molecule has 1 unspecified atom stereocenters. The number of hydrogen-bond acceptors (Lipinski definition) is 5. The Hall–Kier alpha value is -1.18. The van der Waals surface area contributed by atoms with Crippen molar-refractivity contribution in [1.29, 1.82) is 0 Å². The Bertz CT molecular complexity index is 449. The maximum Gasteiger partial charge on any atom is 0.323 e. The van der Waals surface area contributed by atoms with E-state index in [1.165, 1.54) is 11.3 Å². The average Bonchev–Trinajstić information content (AvgIpc) is 2.59. The van der Waals surface area contributed by atoms with Crippen molar-refractivity contribution in [2.45, 2.75) is 26.4 Å². The molecule has 2 amide bonds. The van der Waals surface area contributed by atoms with Gasteiger partial charge in [0.2, 0.25) is 0 Å². The van der Waals surface area contributed by atoms with Gasteiger partial charge in [0.05, 0.1) is 31.6 Å². The lowest BCUT2D eigenvalue weighted by Crippen LogP contribution is -2.40. The molecule has 19 heavy (non-hydrogen) atoms. The fourth-order valence-electron chi connectivity index (χ4n) is 1.96. The summed E-state index contributed by atoms with van der Waals surface area (Å²) in [6.45, 7) is 5.53. The number of carbonyl (C=O) groups excluding carboxylic acids is 1. The van der Waals surface area contributed by atoms with Gasteiger partial charge in [-0.25, -0.2) is 9.78 Å². The molecule has 0 aromatic carbocycles. The monoisotopic (exact) mass is 285 g/mol. The molecule has 0 bridgehead atoms. The molecular weight excluding hydrogens is 266 g/mol. The first-order chi connectivity index (χ1) is 9.10. The summed E-state index contributed by atoms with van der Waals surface area (Å²) in [4.78, 5) is 19.1. The Morgan fingerprint density at radius 2 is 2.47 bits per heavy atom. The van der Waals surface area contributed by atoms with E-state index in [1.54, 1.807) is 4.90 Å². The molecule has 1 aliphatic heterocycles. The lowest BCUT2D eigenvalue weighted by atomic mass is 10.3. The molecule has 0 spiro atoms.